The Kier molecular flexibility index (Phi) is 6.81. The molecule has 102 valence electrons. The van der Waals surface area contributed by atoms with E-state index >= 15 is 0 Å². The van der Waals surface area contributed by atoms with Crippen molar-refractivity contribution in [3.63, 3.8) is 0 Å². The zero-order chi connectivity index (χ0) is 13.4. The highest BCUT2D eigenvalue weighted by Crippen LogP contribution is 2.27. The molecule has 0 fully saturated rings. The van der Waals surface area contributed by atoms with Gasteiger partial charge < -0.3 is 9.84 Å². The van der Waals surface area contributed by atoms with Crippen LogP contribution in [-0.2, 0) is 0 Å². The van der Waals surface area contributed by atoms with Gasteiger partial charge in [-0.05, 0) is 49.3 Å². The van der Waals surface area contributed by atoms with Crippen molar-refractivity contribution in [2.45, 2.75) is 52.4 Å². The van der Waals surface area contributed by atoms with Crippen LogP contribution < -0.4 is 4.74 Å². The van der Waals surface area contributed by atoms with Gasteiger partial charge in [0.1, 0.15) is 5.75 Å². The first-order valence-electron chi connectivity index (χ1n) is 6.99. The van der Waals surface area contributed by atoms with Gasteiger partial charge in [0.15, 0.2) is 0 Å². The Labute approximate surface area is 111 Å². The Balaban J connectivity index is 2.43. The van der Waals surface area contributed by atoms with Crippen molar-refractivity contribution < 1.29 is 9.84 Å². The summed E-state index contributed by atoms with van der Waals surface area (Å²) in [5.74, 6) is 1.53. The highest BCUT2D eigenvalue weighted by Gasteiger charge is 2.07. The van der Waals surface area contributed by atoms with Gasteiger partial charge in [-0.2, -0.15) is 0 Å². The minimum atomic E-state index is 0.302. The summed E-state index contributed by atoms with van der Waals surface area (Å²) < 4.78 is 5.90. The Morgan fingerprint density at radius 3 is 2.50 bits per heavy atom. The molecule has 2 nitrogen and oxygen atoms in total. The summed E-state index contributed by atoms with van der Waals surface area (Å²) in [5, 5.41) is 8.70. The molecule has 0 aliphatic rings. The molecule has 1 rings (SSSR count). The van der Waals surface area contributed by atoms with Crippen LogP contribution >= 0.6 is 0 Å². The van der Waals surface area contributed by atoms with Crippen LogP contribution in [0, 0.1) is 6.92 Å². The number of aliphatic hydroxyl groups excluding tert-OH is 1. The molecule has 2 heteroatoms. The number of ether oxygens (including phenoxy) is 1. The molecular weight excluding hydrogens is 224 g/mol. The first-order chi connectivity index (χ1) is 8.65. The smallest absolute Gasteiger partial charge is 0.122 e. The summed E-state index contributed by atoms with van der Waals surface area (Å²) in [6, 6.07) is 6.44. The van der Waals surface area contributed by atoms with Crippen LogP contribution in [0.15, 0.2) is 18.2 Å². The first-order valence-corrected chi connectivity index (χ1v) is 6.99. The van der Waals surface area contributed by atoms with E-state index in [9.17, 15) is 0 Å². The van der Waals surface area contributed by atoms with Crippen LogP contribution in [0.4, 0.5) is 0 Å². The summed E-state index contributed by atoms with van der Waals surface area (Å²) in [6.07, 6.45) is 4.18. The third kappa shape index (κ3) is 5.09. The SMILES string of the molecule is Cc1ccc(C(C)C)c(OCCCCCCO)c1. The summed E-state index contributed by atoms with van der Waals surface area (Å²) in [4.78, 5) is 0. The maximum Gasteiger partial charge on any atom is 0.122 e. The zero-order valence-electron chi connectivity index (χ0n) is 11.9. The van der Waals surface area contributed by atoms with Crippen LogP contribution in [0.25, 0.3) is 0 Å². The molecule has 0 heterocycles. The van der Waals surface area contributed by atoms with Crippen LogP contribution in [0.2, 0.25) is 0 Å². The van der Waals surface area contributed by atoms with E-state index in [1.165, 1.54) is 11.1 Å². The molecule has 1 aromatic rings. The normalized spacial score (nSPS) is 10.9. The Hall–Kier alpha value is -1.02. The molecule has 0 aliphatic carbocycles. The van der Waals surface area contributed by atoms with Gasteiger partial charge in [0, 0.05) is 6.61 Å². The number of aliphatic hydroxyl groups is 1. The van der Waals surface area contributed by atoms with Gasteiger partial charge in [0.05, 0.1) is 6.61 Å². The van der Waals surface area contributed by atoms with Crippen molar-refractivity contribution in [3.05, 3.63) is 29.3 Å². The van der Waals surface area contributed by atoms with Gasteiger partial charge in [-0.3, -0.25) is 0 Å². The van der Waals surface area contributed by atoms with Gasteiger partial charge in [-0.15, -0.1) is 0 Å². The van der Waals surface area contributed by atoms with E-state index in [-0.39, 0.29) is 0 Å². The fourth-order valence-corrected chi connectivity index (χ4v) is 1.99. The first kappa shape index (κ1) is 15.0. The third-order valence-corrected chi connectivity index (χ3v) is 3.10. The minimum absolute atomic E-state index is 0.302. The Bertz CT molecular complexity index is 345. The fourth-order valence-electron chi connectivity index (χ4n) is 1.99. The highest BCUT2D eigenvalue weighted by molar-refractivity contribution is 5.39. The second-order valence-electron chi connectivity index (χ2n) is 5.18. The molecule has 0 amide bonds. The van der Waals surface area contributed by atoms with Crippen LogP contribution in [0.1, 0.15) is 56.6 Å². The van der Waals surface area contributed by atoms with E-state index in [1.54, 1.807) is 0 Å². The van der Waals surface area contributed by atoms with Crippen LogP contribution in [0.5, 0.6) is 5.75 Å². The molecule has 0 aromatic heterocycles. The quantitative estimate of drug-likeness (QED) is 0.705. The molecular formula is C16H26O2. The lowest BCUT2D eigenvalue weighted by Crippen LogP contribution is -2.02. The maximum absolute atomic E-state index is 8.70. The topological polar surface area (TPSA) is 29.5 Å². The van der Waals surface area contributed by atoms with Crippen molar-refractivity contribution in [1.82, 2.24) is 0 Å². The van der Waals surface area contributed by atoms with E-state index < -0.39 is 0 Å². The second kappa shape index (κ2) is 8.15. The summed E-state index contributed by atoms with van der Waals surface area (Å²) >= 11 is 0. The van der Waals surface area contributed by atoms with Crippen LogP contribution in [0.3, 0.4) is 0 Å². The lowest BCUT2D eigenvalue weighted by Gasteiger charge is -2.14. The molecule has 0 unspecified atom stereocenters. The Morgan fingerprint density at radius 2 is 1.83 bits per heavy atom. The molecule has 0 bridgehead atoms. The van der Waals surface area contributed by atoms with Crippen molar-refractivity contribution in [2.24, 2.45) is 0 Å². The van der Waals surface area contributed by atoms with E-state index in [0.717, 1.165) is 38.0 Å². The lowest BCUT2D eigenvalue weighted by atomic mass is 10.0. The monoisotopic (exact) mass is 250 g/mol. The molecule has 1 N–H and O–H groups in total. The highest BCUT2D eigenvalue weighted by atomic mass is 16.5. The standard InChI is InChI=1S/C16H26O2/c1-13(2)15-9-8-14(3)12-16(15)18-11-7-5-4-6-10-17/h8-9,12-13,17H,4-7,10-11H2,1-3H3. The Morgan fingerprint density at radius 1 is 1.11 bits per heavy atom. The summed E-state index contributed by atoms with van der Waals surface area (Å²) in [5.41, 5.74) is 2.53. The predicted molar refractivity (Wildman–Crippen MR) is 76.3 cm³/mol. The van der Waals surface area contributed by atoms with Crippen LogP contribution in [-0.4, -0.2) is 18.3 Å². The van der Waals surface area contributed by atoms with Gasteiger partial charge >= 0.3 is 0 Å². The van der Waals surface area contributed by atoms with E-state index in [1.807, 2.05) is 0 Å². The van der Waals surface area contributed by atoms with Gasteiger partial charge in [-0.1, -0.05) is 32.4 Å². The second-order valence-corrected chi connectivity index (χ2v) is 5.18. The molecule has 0 spiro atoms. The predicted octanol–water partition coefficient (Wildman–Crippen LogP) is 4.05. The molecule has 0 atom stereocenters. The number of hydrogen-bond donors (Lipinski definition) is 1. The van der Waals surface area contributed by atoms with Crippen molar-refractivity contribution in [2.75, 3.05) is 13.2 Å². The summed E-state index contributed by atoms with van der Waals surface area (Å²) in [7, 11) is 0. The van der Waals surface area contributed by atoms with Crippen molar-refractivity contribution in [3.8, 4) is 5.75 Å². The number of aryl methyl sites for hydroxylation is 1. The molecule has 18 heavy (non-hydrogen) atoms. The fraction of sp³-hybridized carbons (Fsp3) is 0.625. The van der Waals surface area contributed by atoms with E-state index in [0.29, 0.717) is 12.5 Å². The van der Waals surface area contributed by atoms with Crippen molar-refractivity contribution >= 4 is 0 Å². The largest absolute Gasteiger partial charge is 0.493 e. The van der Waals surface area contributed by atoms with Gasteiger partial charge in [-0.25, -0.2) is 0 Å². The third-order valence-electron chi connectivity index (χ3n) is 3.10. The van der Waals surface area contributed by atoms with E-state index in [2.05, 4.69) is 39.0 Å². The number of unbranched alkanes of at least 4 members (excludes halogenated alkanes) is 3. The molecule has 1 aromatic carbocycles. The maximum atomic E-state index is 8.70. The van der Waals surface area contributed by atoms with E-state index in [4.69, 9.17) is 9.84 Å². The lowest BCUT2D eigenvalue weighted by molar-refractivity contribution is 0.272. The number of benzene rings is 1. The van der Waals surface area contributed by atoms with Crippen molar-refractivity contribution in [1.29, 1.82) is 0 Å². The molecule has 0 saturated heterocycles. The zero-order valence-corrected chi connectivity index (χ0v) is 11.9. The average Bonchev–Trinajstić information content (AvgIpc) is 2.33. The molecule has 0 aliphatic heterocycles. The number of hydrogen-bond acceptors (Lipinski definition) is 2. The summed E-state index contributed by atoms with van der Waals surface area (Å²) in [6.45, 7) is 7.56. The minimum Gasteiger partial charge on any atom is -0.493 e. The average molecular weight is 250 g/mol. The number of rotatable bonds is 8. The van der Waals surface area contributed by atoms with Gasteiger partial charge in [0.25, 0.3) is 0 Å². The molecule has 0 saturated carbocycles. The van der Waals surface area contributed by atoms with Gasteiger partial charge in [0.2, 0.25) is 0 Å². The molecule has 0 radical (unpaired) electrons.